The van der Waals surface area contributed by atoms with E-state index in [1.165, 1.54) is 6.07 Å². The lowest BCUT2D eigenvalue weighted by Gasteiger charge is -2.20. The van der Waals surface area contributed by atoms with Crippen molar-refractivity contribution >= 4 is 23.3 Å². The van der Waals surface area contributed by atoms with Crippen molar-refractivity contribution in [2.24, 2.45) is 0 Å². The molecule has 0 aliphatic carbocycles. The Kier molecular flexibility index (Phi) is 7.78. The topological polar surface area (TPSA) is 72.5 Å². The summed E-state index contributed by atoms with van der Waals surface area (Å²) in [6.07, 6.45) is 0. The highest BCUT2D eigenvalue weighted by molar-refractivity contribution is 6.14. The highest BCUT2D eigenvalue weighted by atomic mass is 16.5. The van der Waals surface area contributed by atoms with Crippen LogP contribution in [0.5, 0.6) is 0 Å². The molecule has 0 atom stereocenters. The fourth-order valence-electron chi connectivity index (χ4n) is 3.68. The Labute approximate surface area is 194 Å². The van der Waals surface area contributed by atoms with Gasteiger partial charge in [0.1, 0.15) is 0 Å². The fourth-order valence-corrected chi connectivity index (χ4v) is 3.68. The van der Waals surface area contributed by atoms with E-state index in [0.717, 1.165) is 16.8 Å². The summed E-state index contributed by atoms with van der Waals surface area (Å²) in [6.45, 7) is 7.81. The van der Waals surface area contributed by atoms with Crippen molar-refractivity contribution < 1.29 is 19.1 Å². The number of carbonyl (C=O) groups is 3. The molecule has 0 spiro atoms. The largest absolute Gasteiger partial charge is 0.452 e. The van der Waals surface area contributed by atoms with Crippen LogP contribution in [-0.4, -0.2) is 24.3 Å². The number of ketones is 1. The lowest BCUT2D eigenvalue weighted by Crippen LogP contribution is -2.23. The van der Waals surface area contributed by atoms with Gasteiger partial charge in [0.2, 0.25) is 0 Å². The molecule has 0 bridgehead atoms. The first-order chi connectivity index (χ1) is 15.8. The number of nitrogens with one attached hydrogen (secondary N) is 1. The summed E-state index contributed by atoms with van der Waals surface area (Å²) >= 11 is 0. The second-order valence-electron chi connectivity index (χ2n) is 8.49. The number of rotatable bonds is 8. The Morgan fingerprint density at radius 2 is 1.27 bits per heavy atom. The molecule has 0 aliphatic heterocycles. The summed E-state index contributed by atoms with van der Waals surface area (Å²) < 4.78 is 5.29. The molecule has 0 saturated carbocycles. The van der Waals surface area contributed by atoms with Crippen molar-refractivity contribution in [1.29, 1.82) is 0 Å². The van der Waals surface area contributed by atoms with Gasteiger partial charge in [0.25, 0.3) is 5.91 Å². The third-order valence-corrected chi connectivity index (χ3v) is 5.40. The van der Waals surface area contributed by atoms with Crippen LogP contribution in [0.25, 0.3) is 0 Å². The highest BCUT2D eigenvalue weighted by Crippen LogP contribution is 2.32. The molecular weight excluding hydrogens is 414 g/mol. The van der Waals surface area contributed by atoms with Crippen LogP contribution in [0.4, 0.5) is 5.69 Å². The van der Waals surface area contributed by atoms with Crippen LogP contribution in [-0.2, 0) is 9.53 Å². The Morgan fingerprint density at radius 1 is 0.727 bits per heavy atom. The summed E-state index contributed by atoms with van der Waals surface area (Å²) in [4.78, 5) is 38.3. The standard InChI is InChI=1S/C28H29NO4/c1-18(2)21-15-10-16-22(19(3)4)26(21)29-25(30)17-33-28(32)24-14-9-8-13-23(24)27(31)20-11-6-5-7-12-20/h5-16,18-19H,17H2,1-4H3,(H,29,30). The average Bonchev–Trinajstić information content (AvgIpc) is 2.82. The van der Waals surface area contributed by atoms with Crippen LogP contribution in [0.3, 0.4) is 0 Å². The molecule has 0 aliphatic rings. The van der Waals surface area contributed by atoms with Crippen LogP contribution in [0.1, 0.15) is 76.9 Å². The van der Waals surface area contributed by atoms with E-state index in [1.54, 1.807) is 42.5 Å². The summed E-state index contributed by atoms with van der Waals surface area (Å²) in [5, 5.41) is 2.93. The molecule has 0 heterocycles. The molecule has 0 saturated heterocycles. The number of carbonyl (C=O) groups excluding carboxylic acids is 3. The van der Waals surface area contributed by atoms with Gasteiger partial charge in [-0.25, -0.2) is 4.79 Å². The minimum Gasteiger partial charge on any atom is -0.452 e. The van der Waals surface area contributed by atoms with Crippen LogP contribution < -0.4 is 5.32 Å². The predicted octanol–water partition coefficient (Wildman–Crippen LogP) is 5.96. The molecule has 0 unspecified atom stereocenters. The molecule has 3 aromatic carbocycles. The van der Waals surface area contributed by atoms with Gasteiger partial charge >= 0.3 is 5.97 Å². The number of amides is 1. The van der Waals surface area contributed by atoms with Gasteiger partial charge in [-0.15, -0.1) is 0 Å². The van der Waals surface area contributed by atoms with Crippen molar-refractivity contribution in [1.82, 2.24) is 0 Å². The molecule has 0 radical (unpaired) electrons. The average molecular weight is 444 g/mol. The van der Waals surface area contributed by atoms with Gasteiger partial charge in [-0.2, -0.15) is 0 Å². The number of benzene rings is 3. The third-order valence-electron chi connectivity index (χ3n) is 5.40. The van der Waals surface area contributed by atoms with Crippen LogP contribution >= 0.6 is 0 Å². The SMILES string of the molecule is CC(C)c1cccc(C(C)C)c1NC(=O)COC(=O)c1ccccc1C(=O)c1ccccc1. The van der Waals surface area contributed by atoms with Gasteiger partial charge < -0.3 is 10.1 Å². The Bertz CT molecular complexity index is 1120. The van der Waals surface area contributed by atoms with Gasteiger partial charge in [0, 0.05) is 16.8 Å². The minimum absolute atomic E-state index is 0.129. The Balaban J connectivity index is 1.74. The van der Waals surface area contributed by atoms with E-state index in [9.17, 15) is 14.4 Å². The van der Waals surface area contributed by atoms with Gasteiger partial charge in [-0.1, -0.05) is 94.4 Å². The second kappa shape index (κ2) is 10.7. The fraction of sp³-hybridized carbons (Fsp3) is 0.250. The molecule has 0 aromatic heterocycles. The first-order valence-electron chi connectivity index (χ1n) is 11.1. The number of hydrogen-bond donors (Lipinski definition) is 1. The maximum atomic E-state index is 12.9. The molecule has 0 fully saturated rings. The lowest BCUT2D eigenvalue weighted by atomic mass is 9.92. The van der Waals surface area contributed by atoms with E-state index in [0.29, 0.717) is 5.56 Å². The van der Waals surface area contributed by atoms with E-state index in [2.05, 4.69) is 33.0 Å². The molecule has 3 aromatic rings. The first-order valence-corrected chi connectivity index (χ1v) is 11.1. The molecule has 3 rings (SSSR count). The maximum absolute atomic E-state index is 12.9. The van der Waals surface area contributed by atoms with E-state index in [4.69, 9.17) is 4.74 Å². The molecule has 170 valence electrons. The molecule has 33 heavy (non-hydrogen) atoms. The molecule has 1 amide bonds. The van der Waals surface area contributed by atoms with Crippen molar-refractivity contribution in [3.63, 3.8) is 0 Å². The normalized spacial score (nSPS) is 10.8. The van der Waals surface area contributed by atoms with Crippen LogP contribution in [0.2, 0.25) is 0 Å². The van der Waals surface area contributed by atoms with Crippen LogP contribution in [0, 0.1) is 0 Å². The zero-order chi connectivity index (χ0) is 24.0. The Hall–Kier alpha value is -3.73. The van der Waals surface area contributed by atoms with E-state index < -0.39 is 18.5 Å². The second-order valence-corrected chi connectivity index (χ2v) is 8.49. The lowest BCUT2D eigenvalue weighted by molar-refractivity contribution is -0.119. The molecule has 1 N–H and O–H groups in total. The van der Waals surface area contributed by atoms with Gasteiger partial charge in [-0.3, -0.25) is 9.59 Å². The minimum atomic E-state index is -0.716. The number of para-hydroxylation sites is 1. The third kappa shape index (κ3) is 5.75. The zero-order valence-corrected chi connectivity index (χ0v) is 19.4. The summed E-state index contributed by atoms with van der Waals surface area (Å²) in [5.74, 6) is -0.980. The quantitative estimate of drug-likeness (QED) is 0.344. The monoisotopic (exact) mass is 443 g/mol. The number of esters is 1. The Morgan fingerprint density at radius 3 is 1.85 bits per heavy atom. The van der Waals surface area contributed by atoms with Gasteiger partial charge in [-0.05, 0) is 29.0 Å². The van der Waals surface area contributed by atoms with Crippen molar-refractivity contribution in [2.75, 3.05) is 11.9 Å². The van der Waals surface area contributed by atoms with Crippen molar-refractivity contribution in [3.05, 3.63) is 101 Å². The van der Waals surface area contributed by atoms with E-state index in [1.807, 2.05) is 24.3 Å². The summed E-state index contributed by atoms with van der Waals surface area (Å²) in [7, 11) is 0. The van der Waals surface area contributed by atoms with Crippen LogP contribution in [0.15, 0.2) is 72.8 Å². The van der Waals surface area contributed by atoms with E-state index >= 15 is 0 Å². The van der Waals surface area contributed by atoms with Gasteiger partial charge in [0.05, 0.1) is 5.56 Å². The summed E-state index contributed by atoms with van der Waals surface area (Å²) in [6, 6.07) is 21.2. The van der Waals surface area contributed by atoms with Crippen molar-refractivity contribution in [3.8, 4) is 0 Å². The number of ether oxygens (including phenoxy) is 1. The zero-order valence-electron chi connectivity index (χ0n) is 19.4. The molecule has 5 heteroatoms. The predicted molar refractivity (Wildman–Crippen MR) is 130 cm³/mol. The summed E-state index contributed by atoms with van der Waals surface area (Å²) in [5.41, 5.74) is 3.66. The smallest absolute Gasteiger partial charge is 0.339 e. The van der Waals surface area contributed by atoms with Crippen molar-refractivity contribution in [2.45, 2.75) is 39.5 Å². The molecule has 5 nitrogen and oxygen atoms in total. The maximum Gasteiger partial charge on any atom is 0.339 e. The van der Waals surface area contributed by atoms with Gasteiger partial charge in [0.15, 0.2) is 12.4 Å². The highest BCUT2D eigenvalue weighted by Gasteiger charge is 2.21. The van der Waals surface area contributed by atoms with E-state index in [-0.39, 0.29) is 28.7 Å². The first kappa shape index (κ1) is 23.9. The molecular formula is C28H29NO4. The number of anilines is 1. The number of hydrogen-bond acceptors (Lipinski definition) is 4.